The maximum absolute atomic E-state index is 13.0. The van der Waals surface area contributed by atoms with Crippen LogP contribution in [-0.2, 0) is 9.53 Å². The summed E-state index contributed by atoms with van der Waals surface area (Å²) in [5, 5.41) is 0. The number of carbonyl (C=O) groups is 1. The fourth-order valence-electron chi connectivity index (χ4n) is 4.80. The minimum absolute atomic E-state index is 0.100. The zero-order chi connectivity index (χ0) is 20.0. The zero-order valence-corrected chi connectivity index (χ0v) is 17.1. The quantitative estimate of drug-likeness (QED) is 0.767. The summed E-state index contributed by atoms with van der Waals surface area (Å²) in [5.74, 6) is 0.990. The number of fused-ring (bicyclic) bond motifs is 1. The smallest absolute Gasteiger partial charge is 0.229 e. The van der Waals surface area contributed by atoms with E-state index < -0.39 is 5.72 Å². The number of morpholine rings is 1. The maximum Gasteiger partial charge on any atom is 0.229 e. The van der Waals surface area contributed by atoms with E-state index in [1.165, 1.54) is 11.1 Å². The van der Waals surface area contributed by atoms with Crippen molar-refractivity contribution in [1.82, 2.24) is 4.90 Å². The van der Waals surface area contributed by atoms with Gasteiger partial charge in [-0.15, -0.1) is 0 Å². The summed E-state index contributed by atoms with van der Waals surface area (Å²) in [7, 11) is 0. The van der Waals surface area contributed by atoms with Gasteiger partial charge in [0.05, 0.1) is 18.3 Å². The first-order chi connectivity index (χ1) is 14.1. The Morgan fingerprint density at radius 1 is 1.03 bits per heavy atom. The number of anilines is 1. The minimum Gasteiger partial charge on any atom is -0.351 e. The first kappa shape index (κ1) is 18.4. The topological polar surface area (TPSA) is 45.1 Å². The number of benzene rings is 2. The number of nitrogens with zero attached hydrogens (tertiary/aromatic N) is 3. The Morgan fingerprint density at radius 2 is 1.72 bits per heavy atom. The number of ether oxygens (including phenoxy) is 1. The van der Waals surface area contributed by atoms with E-state index in [2.05, 4.69) is 30.9 Å². The van der Waals surface area contributed by atoms with Crippen LogP contribution in [0.4, 0.5) is 11.4 Å². The van der Waals surface area contributed by atoms with Crippen molar-refractivity contribution in [2.75, 3.05) is 18.1 Å². The average Bonchev–Trinajstić information content (AvgIpc) is 3.32. The van der Waals surface area contributed by atoms with Gasteiger partial charge in [0, 0.05) is 25.1 Å². The molecule has 5 nitrogen and oxygen atoms in total. The van der Waals surface area contributed by atoms with Gasteiger partial charge in [-0.05, 0) is 51.0 Å². The molecule has 150 valence electrons. The van der Waals surface area contributed by atoms with Gasteiger partial charge in [0.2, 0.25) is 11.6 Å². The highest BCUT2D eigenvalue weighted by Crippen LogP contribution is 2.43. The summed E-state index contributed by atoms with van der Waals surface area (Å²) < 4.78 is 6.55. The first-order valence-electron chi connectivity index (χ1n) is 10.5. The van der Waals surface area contributed by atoms with E-state index in [9.17, 15) is 4.79 Å². The van der Waals surface area contributed by atoms with Crippen LogP contribution in [-0.4, -0.2) is 41.6 Å². The lowest BCUT2D eigenvalue weighted by Crippen LogP contribution is -2.65. The molecule has 3 fully saturated rings. The van der Waals surface area contributed by atoms with E-state index in [1.807, 2.05) is 41.3 Å². The highest BCUT2D eigenvalue weighted by Gasteiger charge is 2.57. The van der Waals surface area contributed by atoms with Gasteiger partial charge in [-0.3, -0.25) is 9.69 Å². The SMILES string of the molecule is Cc1ccc(N=C2N3CCC[C@H]3CO[C@]23CCC(=O)N3c2ccc(C)cc2)cc1. The molecule has 0 bridgehead atoms. The van der Waals surface area contributed by atoms with Crippen molar-refractivity contribution in [2.45, 2.75) is 51.3 Å². The van der Waals surface area contributed by atoms with Gasteiger partial charge in [-0.2, -0.15) is 0 Å². The van der Waals surface area contributed by atoms with Crippen LogP contribution in [0.15, 0.2) is 53.5 Å². The van der Waals surface area contributed by atoms with Crippen LogP contribution in [0.2, 0.25) is 0 Å². The second-order valence-corrected chi connectivity index (χ2v) is 8.42. The van der Waals surface area contributed by atoms with Gasteiger partial charge < -0.3 is 9.64 Å². The minimum atomic E-state index is -0.821. The lowest BCUT2D eigenvalue weighted by Gasteiger charge is -2.48. The molecule has 0 radical (unpaired) electrons. The van der Waals surface area contributed by atoms with Crippen molar-refractivity contribution in [3.05, 3.63) is 59.7 Å². The van der Waals surface area contributed by atoms with Gasteiger partial charge in [0.1, 0.15) is 0 Å². The largest absolute Gasteiger partial charge is 0.351 e. The molecule has 2 aromatic carbocycles. The molecule has 0 N–H and O–H groups in total. The third-order valence-electron chi connectivity index (χ3n) is 6.36. The molecule has 29 heavy (non-hydrogen) atoms. The van der Waals surface area contributed by atoms with Crippen molar-refractivity contribution in [3.8, 4) is 0 Å². The maximum atomic E-state index is 13.0. The number of hydrogen-bond donors (Lipinski definition) is 0. The number of amidine groups is 1. The van der Waals surface area contributed by atoms with Gasteiger partial charge in [-0.25, -0.2) is 4.99 Å². The summed E-state index contributed by atoms with van der Waals surface area (Å²) in [6, 6.07) is 16.7. The fraction of sp³-hybridized carbons (Fsp3) is 0.417. The molecule has 3 aliphatic heterocycles. The summed E-state index contributed by atoms with van der Waals surface area (Å²) in [5.41, 5.74) is 3.35. The van der Waals surface area contributed by atoms with E-state index in [1.54, 1.807) is 0 Å². The molecule has 0 unspecified atom stereocenters. The van der Waals surface area contributed by atoms with E-state index in [-0.39, 0.29) is 5.91 Å². The van der Waals surface area contributed by atoms with E-state index in [4.69, 9.17) is 9.73 Å². The second kappa shape index (κ2) is 6.99. The number of carbonyl (C=O) groups excluding carboxylic acids is 1. The molecule has 5 rings (SSSR count). The third kappa shape index (κ3) is 3.04. The van der Waals surface area contributed by atoms with Crippen LogP contribution in [0, 0.1) is 13.8 Å². The Labute approximate surface area is 172 Å². The third-order valence-corrected chi connectivity index (χ3v) is 6.36. The predicted octanol–water partition coefficient (Wildman–Crippen LogP) is 4.35. The summed E-state index contributed by atoms with van der Waals surface area (Å²) in [6.07, 6.45) is 3.35. The number of aliphatic imine (C=N–C) groups is 1. The van der Waals surface area contributed by atoms with Crippen molar-refractivity contribution in [1.29, 1.82) is 0 Å². The molecule has 3 heterocycles. The molecule has 0 aliphatic carbocycles. The highest BCUT2D eigenvalue weighted by atomic mass is 16.5. The summed E-state index contributed by atoms with van der Waals surface area (Å²) in [4.78, 5) is 22.4. The molecule has 2 aromatic rings. The monoisotopic (exact) mass is 389 g/mol. The molecule has 2 atom stereocenters. The Bertz CT molecular complexity index is 951. The molecule has 1 amide bonds. The molecule has 3 saturated heterocycles. The van der Waals surface area contributed by atoms with Crippen LogP contribution in [0.1, 0.15) is 36.8 Å². The van der Waals surface area contributed by atoms with E-state index in [0.29, 0.717) is 25.5 Å². The Balaban J connectivity index is 1.64. The Hall–Kier alpha value is -2.66. The zero-order valence-electron chi connectivity index (χ0n) is 17.1. The number of hydrogen-bond acceptors (Lipinski definition) is 3. The van der Waals surface area contributed by atoms with Gasteiger partial charge >= 0.3 is 0 Å². The van der Waals surface area contributed by atoms with Crippen molar-refractivity contribution >= 4 is 23.1 Å². The van der Waals surface area contributed by atoms with Crippen LogP contribution in [0.5, 0.6) is 0 Å². The lowest BCUT2D eigenvalue weighted by atomic mass is 10.0. The van der Waals surface area contributed by atoms with E-state index >= 15 is 0 Å². The van der Waals surface area contributed by atoms with Gasteiger partial charge in [0.15, 0.2) is 5.84 Å². The molecule has 0 aromatic heterocycles. The van der Waals surface area contributed by atoms with Crippen LogP contribution >= 0.6 is 0 Å². The molecule has 0 saturated carbocycles. The van der Waals surface area contributed by atoms with Crippen molar-refractivity contribution in [3.63, 3.8) is 0 Å². The predicted molar refractivity (Wildman–Crippen MR) is 115 cm³/mol. The fourth-order valence-corrected chi connectivity index (χ4v) is 4.80. The summed E-state index contributed by atoms with van der Waals surface area (Å²) >= 11 is 0. The van der Waals surface area contributed by atoms with Gasteiger partial charge in [-0.1, -0.05) is 35.4 Å². The van der Waals surface area contributed by atoms with Crippen LogP contribution < -0.4 is 4.90 Å². The van der Waals surface area contributed by atoms with Crippen LogP contribution in [0.3, 0.4) is 0 Å². The number of amides is 1. The molecule has 1 spiro atoms. The summed E-state index contributed by atoms with van der Waals surface area (Å²) in [6.45, 7) is 5.74. The second-order valence-electron chi connectivity index (χ2n) is 8.42. The number of rotatable bonds is 2. The Kier molecular flexibility index (Phi) is 4.43. The molecular weight excluding hydrogens is 362 g/mol. The molecular formula is C24H27N3O2. The average molecular weight is 389 g/mol. The standard InChI is InChI=1S/C24H27N3O2/c1-17-5-9-19(10-6-17)25-23-24(29-16-21-4-3-15-26(21)23)14-13-22(28)27(24)20-11-7-18(2)8-12-20/h5-12,21H,3-4,13-16H2,1-2H3/t21-,24+/m0/s1. The molecule has 3 aliphatic rings. The van der Waals surface area contributed by atoms with Crippen LogP contribution in [0.25, 0.3) is 0 Å². The molecule has 5 heteroatoms. The lowest BCUT2D eigenvalue weighted by molar-refractivity contribution is -0.119. The van der Waals surface area contributed by atoms with E-state index in [0.717, 1.165) is 36.6 Å². The number of aryl methyl sites for hydroxylation is 2. The van der Waals surface area contributed by atoms with Crippen molar-refractivity contribution in [2.24, 2.45) is 4.99 Å². The Morgan fingerprint density at radius 3 is 2.45 bits per heavy atom. The first-order valence-corrected chi connectivity index (χ1v) is 10.5. The van der Waals surface area contributed by atoms with Crippen molar-refractivity contribution < 1.29 is 9.53 Å². The van der Waals surface area contributed by atoms with Gasteiger partial charge in [0.25, 0.3) is 0 Å². The highest BCUT2D eigenvalue weighted by molar-refractivity contribution is 6.08. The normalized spacial score (nSPS) is 27.9.